The fourth-order valence-corrected chi connectivity index (χ4v) is 1.94. The Balaban J connectivity index is 1.75. The van der Waals surface area contributed by atoms with E-state index in [0.717, 1.165) is 19.5 Å². The van der Waals surface area contributed by atoms with E-state index in [1.54, 1.807) is 0 Å². The number of alkyl halides is 2. The molecular formula is C9H14F2N2O. The highest BCUT2D eigenvalue weighted by atomic mass is 19.3. The Morgan fingerprint density at radius 3 is 2.64 bits per heavy atom. The molecule has 1 aliphatic carbocycles. The maximum atomic E-state index is 11.9. The van der Waals surface area contributed by atoms with Crippen LogP contribution in [0.2, 0.25) is 0 Å². The lowest BCUT2D eigenvalue weighted by Crippen LogP contribution is -2.40. The lowest BCUT2D eigenvalue weighted by Gasteiger charge is -2.15. The summed E-state index contributed by atoms with van der Waals surface area (Å²) in [5, 5.41) is 2.36. The van der Waals surface area contributed by atoms with E-state index >= 15 is 0 Å². The minimum absolute atomic E-state index is 0.0721. The lowest BCUT2D eigenvalue weighted by atomic mass is 10.2. The highest BCUT2D eigenvalue weighted by Gasteiger charge is 2.35. The van der Waals surface area contributed by atoms with Gasteiger partial charge in [0, 0.05) is 25.2 Å². The van der Waals surface area contributed by atoms with Gasteiger partial charge in [0.25, 0.3) is 5.91 Å². The van der Waals surface area contributed by atoms with Gasteiger partial charge in [-0.3, -0.25) is 9.69 Å². The molecule has 1 unspecified atom stereocenters. The van der Waals surface area contributed by atoms with Crippen molar-refractivity contribution in [2.75, 3.05) is 13.1 Å². The summed E-state index contributed by atoms with van der Waals surface area (Å²) < 4.78 is 23.8. The van der Waals surface area contributed by atoms with Gasteiger partial charge in [0.2, 0.25) is 0 Å². The average Bonchev–Trinajstić information content (AvgIpc) is 2.88. The maximum absolute atomic E-state index is 11.9. The second-order valence-electron chi connectivity index (χ2n) is 4.02. The van der Waals surface area contributed by atoms with Crippen molar-refractivity contribution in [3.63, 3.8) is 0 Å². The van der Waals surface area contributed by atoms with Crippen LogP contribution in [0.3, 0.4) is 0 Å². The minimum atomic E-state index is -2.88. The van der Waals surface area contributed by atoms with Crippen LogP contribution in [0.5, 0.6) is 0 Å². The molecule has 80 valence electrons. The Bertz CT molecular complexity index is 231. The molecule has 2 rings (SSSR count). The number of carbonyl (C=O) groups is 1. The number of halogens is 2. The molecule has 0 radical (unpaired) electrons. The van der Waals surface area contributed by atoms with Crippen LogP contribution in [0.4, 0.5) is 8.78 Å². The van der Waals surface area contributed by atoms with Crippen LogP contribution < -0.4 is 5.32 Å². The smallest absolute Gasteiger partial charge is 0.315 e. The predicted octanol–water partition coefficient (Wildman–Crippen LogP) is 0.604. The summed E-state index contributed by atoms with van der Waals surface area (Å²) in [6.07, 6.45) is 0.352. The first kappa shape index (κ1) is 9.83. The zero-order chi connectivity index (χ0) is 10.1. The van der Waals surface area contributed by atoms with Gasteiger partial charge < -0.3 is 5.32 Å². The van der Waals surface area contributed by atoms with Crippen molar-refractivity contribution < 1.29 is 13.6 Å². The Morgan fingerprint density at radius 1 is 1.36 bits per heavy atom. The third-order valence-corrected chi connectivity index (χ3v) is 2.83. The SMILES string of the molecule is O=C(NC1CCN(C2CC2)C1)C(F)F. The van der Waals surface area contributed by atoms with Crippen LogP contribution >= 0.6 is 0 Å². The molecular weight excluding hydrogens is 190 g/mol. The molecule has 3 nitrogen and oxygen atoms in total. The number of hydrogen-bond donors (Lipinski definition) is 1. The largest absolute Gasteiger partial charge is 0.347 e. The van der Waals surface area contributed by atoms with Crippen molar-refractivity contribution in [2.45, 2.75) is 37.8 Å². The standard InChI is InChI=1S/C9H14F2N2O/c10-8(11)9(14)12-6-3-4-13(5-6)7-1-2-7/h6-8H,1-5H2,(H,12,14). The second kappa shape index (κ2) is 3.81. The molecule has 2 aliphatic rings. The molecule has 14 heavy (non-hydrogen) atoms. The molecule has 5 heteroatoms. The Hall–Kier alpha value is -0.710. The quantitative estimate of drug-likeness (QED) is 0.730. The molecule has 1 heterocycles. The number of carbonyl (C=O) groups excluding carboxylic acids is 1. The van der Waals surface area contributed by atoms with Crippen molar-refractivity contribution in [3.05, 3.63) is 0 Å². The van der Waals surface area contributed by atoms with Crippen LogP contribution in [-0.4, -0.2) is 42.4 Å². The molecule has 1 saturated carbocycles. The molecule has 1 atom stereocenters. The van der Waals surface area contributed by atoms with Crippen molar-refractivity contribution in [2.24, 2.45) is 0 Å². The van der Waals surface area contributed by atoms with Gasteiger partial charge in [-0.2, -0.15) is 8.78 Å². The Labute approximate surface area is 81.4 Å². The summed E-state index contributed by atoms with van der Waals surface area (Å²) in [6, 6.07) is 0.584. The van der Waals surface area contributed by atoms with Gasteiger partial charge in [0.1, 0.15) is 0 Å². The van der Waals surface area contributed by atoms with E-state index in [1.165, 1.54) is 12.8 Å². The average molecular weight is 204 g/mol. The second-order valence-corrected chi connectivity index (χ2v) is 4.02. The number of nitrogens with zero attached hydrogens (tertiary/aromatic N) is 1. The molecule has 0 aromatic carbocycles. The third kappa shape index (κ3) is 2.20. The van der Waals surface area contributed by atoms with E-state index in [-0.39, 0.29) is 6.04 Å². The number of rotatable bonds is 3. The molecule has 0 spiro atoms. The van der Waals surface area contributed by atoms with Crippen LogP contribution in [0.1, 0.15) is 19.3 Å². The van der Waals surface area contributed by atoms with Crippen molar-refractivity contribution >= 4 is 5.91 Å². The van der Waals surface area contributed by atoms with E-state index < -0.39 is 12.3 Å². The highest BCUT2D eigenvalue weighted by Crippen LogP contribution is 2.29. The van der Waals surface area contributed by atoms with E-state index in [9.17, 15) is 13.6 Å². The molecule has 0 bridgehead atoms. The first-order valence-electron chi connectivity index (χ1n) is 4.99. The van der Waals surface area contributed by atoms with Gasteiger partial charge in [-0.05, 0) is 19.3 Å². The van der Waals surface area contributed by atoms with Gasteiger partial charge in [0.05, 0.1) is 0 Å². The van der Waals surface area contributed by atoms with Gasteiger partial charge in [-0.25, -0.2) is 0 Å². The molecule has 0 aromatic rings. The predicted molar refractivity (Wildman–Crippen MR) is 47.1 cm³/mol. The van der Waals surface area contributed by atoms with Crippen molar-refractivity contribution in [1.82, 2.24) is 10.2 Å². The summed E-state index contributed by atoms with van der Waals surface area (Å²) in [4.78, 5) is 13.0. The van der Waals surface area contributed by atoms with Crippen LogP contribution in [0.25, 0.3) is 0 Å². The van der Waals surface area contributed by atoms with E-state index in [2.05, 4.69) is 10.2 Å². The van der Waals surface area contributed by atoms with Crippen molar-refractivity contribution in [3.8, 4) is 0 Å². The molecule has 1 aliphatic heterocycles. The number of amides is 1. The van der Waals surface area contributed by atoms with Crippen molar-refractivity contribution in [1.29, 1.82) is 0 Å². The van der Waals surface area contributed by atoms with Gasteiger partial charge in [-0.1, -0.05) is 0 Å². The zero-order valence-electron chi connectivity index (χ0n) is 7.88. The van der Waals surface area contributed by atoms with Crippen LogP contribution in [-0.2, 0) is 4.79 Å². The highest BCUT2D eigenvalue weighted by molar-refractivity contribution is 5.79. The first-order valence-corrected chi connectivity index (χ1v) is 4.99. The lowest BCUT2D eigenvalue weighted by molar-refractivity contribution is -0.132. The fourth-order valence-electron chi connectivity index (χ4n) is 1.94. The molecule has 1 N–H and O–H groups in total. The normalized spacial score (nSPS) is 28.4. The fraction of sp³-hybridized carbons (Fsp3) is 0.889. The molecule has 1 amide bonds. The minimum Gasteiger partial charge on any atom is -0.347 e. The van der Waals surface area contributed by atoms with Crippen LogP contribution in [0.15, 0.2) is 0 Å². The topological polar surface area (TPSA) is 32.3 Å². The van der Waals surface area contributed by atoms with E-state index in [4.69, 9.17) is 0 Å². The van der Waals surface area contributed by atoms with Crippen LogP contribution in [0, 0.1) is 0 Å². The summed E-state index contributed by atoms with van der Waals surface area (Å²) >= 11 is 0. The molecule has 2 fully saturated rings. The summed E-state index contributed by atoms with van der Waals surface area (Å²) in [6.45, 7) is 1.67. The molecule has 0 aromatic heterocycles. The number of nitrogens with one attached hydrogen (secondary N) is 1. The van der Waals surface area contributed by atoms with Gasteiger partial charge in [-0.15, -0.1) is 0 Å². The maximum Gasteiger partial charge on any atom is 0.315 e. The Morgan fingerprint density at radius 2 is 2.07 bits per heavy atom. The molecule has 1 saturated heterocycles. The Kier molecular flexibility index (Phi) is 2.67. The summed E-state index contributed by atoms with van der Waals surface area (Å²) in [5.41, 5.74) is 0. The van der Waals surface area contributed by atoms with E-state index in [0.29, 0.717) is 6.04 Å². The van der Waals surface area contributed by atoms with Gasteiger partial charge >= 0.3 is 6.43 Å². The summed E-state index contributed by atoms with van der Waals surface area (Å²) in [5.74, 6) is -1.13. The van der Waals surface area contributed by atoms with Gasteiger partial charge in [0.15, 0.2) is 0 Å². The third-order valence-electron chi connectivity index (χ3n) is 2.83. The monoisotopic (exact) mass is 204 g/mol. The summed E-state index contributed by atoms with van der Waals surface area (Å²) in [7, 11) is 0. The first-order chi connectivity index (χ1) is 6.66. The number of hydrogen-bond acceptors (Lipinski definition) is 2. The van der Waals surface area contributed by atoms with E-state index in [1.807, 2.05) is 0 Å². The number of likely N-dealkylation sites (tertiary alicyclic amines) is 1. The zero-order valence-corrected chi connectivity index (χ0v) is 7.88.